The molecule has 1 heterocycles. The van der Waals surface area contributed by atoms with Gasteiger partial charge in [0.2, 0.25) is 0 Å². The number of rotatable bonds is 6. The van der Waals surface area contributed by atoms with Crippen molar-refractivity contribution in [2.24, 2.45) is 0 Å². The predicted molar refractivity (Wildman–Crippen MR) is 73.6 cm³/mol. The second kappa shape index (κ2) is 6.16. The van der Waals surface area contributed by atoms with E-state index >= 15 is 0 Å². The van der Waals surface area contributed by atoms with Gasteiger partial charge in [0.1, 0.15) is 5.75 Å². The normalized spacial score (nSPS) is 10.2. The minimum absolute atomic E-state index is 0.0169. The second-order valence-corrected chi connectivity index (χ2v) is 4.92. The lowest BCUT2D eigenvalue weighted by atomic mass is 10.1. The van der Waals surface area contributed by atoms with Gasteiger partial charge in [-0.15, -0.1) is 11.3 Å². The molecule has 0 saturated heterocycles. The summed E-state index contributed by atoms with van der Waals surface area (Å²) in [5.74, 6) is -1.35. The number of nitro groups is 1. The fourth-order valence-electron chi connectivity index (χ4n) is 1.72. The van der Waals surface area contributed by atoms with Crippen molar-refractivity contribution in [2.75, 3.05) is 6.61 Å². The van der Waals surface area contributed by atoms with Gasteiger partial charge in [-0.05, 0) is 17.5 Å². The Hall–Kier alpha value is -2.41. The first kappa shape index (κ1) is 14.0. The molecule has 2 aromatic rings. The Kier molecular flexibility index (Phi) is 4.31. The van der Waals surface area contributed by atoms with E-state index in [4.69, 9.17) is 9.84 Å². The molecule has 0 aliphatic heterocycles. The summed E-state index contributed by atoms with van der Waals surface area (Å²) in [6.45, 7) is 0.266. The van der Waals surface area contributed by atoms with Crippen LogP contribution in [0.5, 0.6) is 5.75 Å². The van der Waals surface area contributed by atoms with Gasteiger partial charge in [-0.3, -0.25) is 10.1 Å². The SMILES string of the molecule is O=C(O)c1c(OCCc2cccs2)cccc1[N+](=O)[O-]. The van der Waals surface area contributed by atoms with Crippen molar-refractivity contribution in [1.29, 1.82) is 0 Å². The Labute approximate surface area is 118 Å². The number of aromatic carboxylic acids is 1. The molecule has 0 fully saturated rings. The molecule has 0 amide bonds. The maximum absolute atomic E-state index is 11.2. The molecule has 6 nitrogen and oxygen atoms in total. The first-order valence-electron chi connectivity index (χ1n) is 5.75. The first-order valence-corrected chi connectivity index (χ1v) is 6.63. The Balaban J connectivity index is 2.16. The molecule has 0 aliphatic carbocycles. The van der Waals surface area contributed by atoms with Crippen LogP contribution in [0.3, 0.4) is 0 Å². The smallest absolute Gasteiger partial charge is 0.346 e. The van der Waals surface area contributed by atoms with Crippen LogP contribution in [0.25, 0.3) is 0 Å². The molecule has 0 atom stereocenters. The lowest BCUT2D eigenvalue weighted by molar-refractivity contribution is -0.385. The largest absolute Gasteiger partial charge is 0.492 e. The van der Waals surface area contributed by atoms with E-state index in [1.54, 1.807) is 11.3 Å². The number of nitrogens with zero attached hydrogens (tertiary/aromatic N) is 1. The average Bonchev–Trinajstić information content (AvgIpc) is 2.91. The van der Waals surface area contributed by atoms with Crippen molar-refractivity contribution in [3.63, 3.8) is 0 Å². The van der Waals surface area contributed by atoms with Crippen LogP contribution < -0.4 is 4.74 Å². The highest BCUT2D eigenvalue weighted by Crippen LogP contribution is 2.28. The van der Waals surface area contributed by atoms with Gasteiger partial charge in [0, 0.05) is 17.4 Å². The minimum atomic E-state index is -1.37. The van der Waals surface area contributed by atoms with Crippen LogP contribution in [0, 0.1) is 10.1 Å². The number of thiophene rings is 1. The van der Waals surface area contributed by atoms with Crippen LogP contribution in [-0.4, -0.2) is 22.6 Å². The quantitative estimate of drug-likeness (QED) is 0.653. The molecular weight excluding hydrogens is 282 g/mol. The molecule has 0 saturated carbocycles. The molecule has 104 valence electrons. The predicted octanol–water partition coefficient (Wildman–Crippen LogP) is 2.98. The summed E-state index contributed by atoms with van der Waals surface area (Å²) in [6.07, 6.45) is 0.624. The molecule has 0 aliphatic rings. The maximum atomic E-state index is 11.2. The first-order chi connectivity index (χ1) is 9.59. The number of benzene rings is 1. The summed E-state index contributed by atoms with van der Waals surface area (Å²) < 4.78 is 5.38. The topological polar surface area (TPSA) is 89.7 Å². The zero-order valence-corrected chi connectivity index (χ0v) is 11.1. The highest BCUT2D eigenvalue weighted by Gasteiger charge is 2.24. The van der Waals surface area contributed by atoms with Crippen LogP contribution in [0.15, 0.2) is 35.7 Å². The van der Waals surface area contributed by atoms with Gasteiger partial charge < -0.3 is 9.84 Å². The number of carbonyl (C=O) groups is 1. The summed E-state index contributed by atoms with van der Waals surface area (Å²) in [5.41, 5.74) is -0.880. The fraction of sp³-hybridized carbons (Fsp3) is 0.154. The van der Waals surface area contributed by atoms with Gasteiger partial charge in [0.05, 0.1) is 11.5 Å². The highest BCUT2D eigenvalue weighted by atomic mass is 32.1. The summed E-state index contributed by atoms with van der Waals surface area (Å²) >= 11 is 1.57. The molecule has 7 heteroatoms. The van der Waals surface area contributed by atoms with Gasteiger partial charge in [-0.2, -0.15) is 0 Å². The third kappa shape index (κ3) is 3.12. The summed E-state index contributed by atoms with van der Waals surface area (Å²) in [7, 11) is 0. The van der Waals surface area contributed by atoms with E-state index in [1.165, 1.54) is 12.1 Å². The molecule has 0 radical (unpaired) electrons. The maximum Gasteiger partial charge on any atom is 0.346 e. The van der Waals surface area contributed by atoms with E-state index in [2.05, 4.69) is 0 Å². The third-order valence-electron chi connectivity index (χ3n) is 2.60. The van der Waals surface area contributed by atoms with Crippen molar-refractivity contribution in [3.8, 4) is 5.75 Å². The molecule has 0 spiro atoms. The minimum Gasteiger partial charge on any atom is -0.492 e. The Morgan fingerprint density at radius 3 is 2.75 bits per heavy atom. The Morgan fingerprint density at radius 2 is 2.15 bits per heavy atom. The molecule has 0 unspecified atom stereocenters. The molecule has 20 heavy (non-hydrogen) atoms. The van der Waals surface area contributed by atoms with Crippen molar-refractivity contribution in [2.45, 2.75) is 6.42 Å². The number of hydrogen-bond acceptors (Lipinski definition) is 5. The molecule has 1 aromatic heterocycles. The number of nitro benzene ring substituents is 1. The van der Waals surface area contributed by atoms with Crippen LogP contribution in [0.2, 0.25) is 0 Å². The molecule has 1 N–H and O–H groups in total. The Morgan fingerprint density at radius 1 is 1.35 bits per heavy atom. The lowest BCUT2D eigenvalue weighted by Crippen LogP contribution is -2.08. The van der Waals surface area contributed by atoms with E-state index in [1.807, 2.05) is 17.5 Å². The van der Waals surface area contributed by atoms with Gasteiger partial charge in [-0.25, -0.2) is 4.79 Å². The summed E-state index contributed by atoms with van der Waals surface area (Å²) in [6, 6.07) is 7.83. The average molecular weight is 293 g/mol. The summed E-state index contributed by atoms with van der Waals surface area (Å²) in [5, 5.41) is 21.9. The van der Waals surface area contributed by atoms with Crippen LogP contribution in [-0.2, 0) is 6.42 Å². The van der Waals surface area contributed by atoms with Crippen molar-refractivity contribution >= 4 is 23.0 Å². The van der Waals surface area contributed by atoms with E-state index in [0.29, 0.717) is 6.42 Å². The van der Waals surface area contributed by atoms with Crippen molar-refractivity contribution in [3.05, 3.63) is 56.3 Å². The number of carboxylic acid groups (broad SMARTS) is 1. The lowest BCUT2D eigenvalue weighted by Gasteiger charge is -2.08. The second-order valence-electron chi connectivity index (χ2n) is 3.89. The monoisotopic (exact) mass is 293 g/mol. The molecule has 2 rings (SSSR count). The van der Waals surface area contributed by atoms with Crippen molar-refractivity contribution in [1.82, 2.24) is 0 Å². The van der Waals surface area contributed by atoms with E-state index in [9.17, 15) is 14.9 Å². The van der Waals surface area contributed by atoms with Gasteiger partial charge in [0.15, 0.2) is 5.56 Å². The van der Waals surface area contributed by atoms with Gasteiger partial charge >= 0.3 is 5.97 Å². The van der Waals surface area contributed by atoms with Gasteiger partial charge in [-0.1, -0.05) is 12.1 Å². The summed E-state index contributed by atoms with van der Waals surface area (Å²) in [4.78, 5) is 22.4. The highest BCUT2D eigenvalue weighted by molar-refractivity contribution is 7.09. The van der Waals surface area contributed by atoms with Crippen LogP contribution in [0.1, 0.15) is 15.2 Å². The van der Waals surface area contributed by atoms with Crippen LogP contribution in [0.4, 0.5) is 5.69 Å². The molecular formula is C13H11NO5S. The molecule has 1 aromatic carbocycles. The zero-order chi connectivity index (χ0) is 14.5. The van der Waals surface area contributed by atoms with Gasteiger partial charge in [0.25, 0.3) is 5.69 Å². The number of hydrogen-bond donors (Lipinski definition) is 1. The standard InChI is InChI=1S/C13H11NO5S/c15-13(16)12-10(14(17)18)4-1-5-11(12)19-7-6-9-3-2-8-20-9/h1-5,8H,6-7H2,(H,15,16). The Bertz CT molecular complexity index is 624. The van der Waals surface area contributed by atoms with E-state index in [0.717, 1.165) is 10.9 Å². The van der Waals surface area contributed by atoms with E-state index < -0.39 is 22.1 Å². The molecule has 0 bridgehead atoms. The fourth-order valence-corrected chi connectivity index (χ4v) is 2.41. The zero-order valence-electron chi connectivity index (χ0n) is 10.3. The number of ether oxygens (including phenoxy) is 1. The number of carboxylic acids is 1. The van der Waals surface area contributed by atoms with Crippen LogP contribution >= 0.6 is 11.3 Å². The van der Waals surface area contributed by atoms with Crippen molar-refractivity contribution < 1.29 is 19.6 Å². The van der Waals surface area contributed by atoms with E-state index in [-0.39, 0.29) is 12.4 Å². The third-order valence-corrected chi connectivity index (χ3v) is 3.54.